The molecule has 0 aliphatic heterocycles. The van der Waals surface area contributed by atoms with Gasteiger partial charge in [-0.05, 0) is 18.8 Å². The van der Waals surface area contributed by atoms with Gasteiger partial charge < -0.3 is 10.4 Å². The number of hydrogen-bond acceptors (Lipinski definition) is 5. The van der Waals surface area contributed by atoms with Crippen LogP contribution in [0.5, 0.6) is 0 Å². The maximum absolute atomic E-state index is 9.36. The van der Waals surface area contributed by atoms with Crippen LogP contribution in [0.1, 0.15) is 32.9 Å². The molecule has 1 atom stereocenters. The van der Waals surface area contributed by atoms with Crippen LogP contribution in [0.4, 0.5) is 5.82 Å². The van der Waals surface area contributed by atoms with Gasteiger partial charge in [0.05, 0.1) is 18.5 Å². The zero-order chi connectivity index (χ0) is 12.9. The van der Waals surface area contributed by atoms with Crippen LogP contribution in [0.3, 0.4) is 0 Å². The van der Waals surface area contributed by atoms with E-state index in [1.807, 2.05) is 6.07 Å². The largest absolute Gasteiger partial charge is 0.393 e. The molecule has 0 saturated carbocycles. The fourth-order valence-corrected chi connectivity index (χ4v) is 1.68. The van der Waals surface area contributed by atoms with Gasteiger partial charge in [0.2, 0.25) is 0 Å². The zero-order valence-electron chi connectivity index (χ0n) is 10.4. The lowest BCUT2D eigenvalue weighted by Gasteiger charge is -2.26. The van der Waals surface area contributed by atoms with Gasteiger partial charge in [-0.25, -0.2) is 9.97 Å². The van der Waals surface area contributed by atoms with Gasteiger partial charge in [-0.1, -0.05) is 13.8 Å². The van der Waals surface area contributed by atoms with Gasteiger partial charge in [0, 0.05) is 6.54 Å². The van der Waals surface area contributed by atoms with Crippen molar-refractivity contribution in [3.63, 3.8) is 0 Å². The van der Waals surface area contributed by atoms with Crippen molar-refractivity contribution in [2.45, 2.75) is 33.3 Å². The molecule has 2 N–H and O–H groups in total. The Hall–Kier alpha value is -1.67. The number of nitriles is 1. The molecular formula is C12H18N4O. The zero-order valence-corrected chi connectivity index (χ0v) is 10.4. The summed E-state index contributed by atoms with van der Waals surface area (Å²) in [5.41, 5.74) is 0.280. The first-order chi connectivity index (χ1) is 7.93. The van der Waals surface area contributed by atoms with E-state index in [-0.39, 0.29) is 11.5 Å². The van der Waals surface area contributed by atoms with Crippen LogP contribution in [0, 0.1) is 16.7 Å². The minimum absolute atomic E-state index is 0.0241. The van der Waals surface area contributed by atoms with Gasteiger partial charge in [0.25, 0.3) is 0 Å². The molecule has 1 heterocycles. The van der Waals surface area contributed by atoms with Gasteiger partial charge in [0.15, 0.2) is 5.69 Å². The predicted octanol–water partition coefficient (Wildman–Crippen LogP) is 1.56. The quantitative estimate of drug-likeness (QED) is 0.808. The van der Waals surface area contributed by atoms with Gasteiger partial charge in [-0.3, -0.25) is 0 Å². The summed E-state index contributed by atoms with van der Waals surface area (Å²) in [7, 11) is 0. The van der Waals surface area contributed by atoms with Crippen molar-refractivity contribution >= 4 is 5.82 Å². The minimum atomic E-state index is -0.321. The minimum Gasteiger partial charge on any atom is -0.393 e. The van der Waals surface area contributed by atoms with Gasteiger partial charge in [0.1, 0.15) is 11.9 Å². The second kappa shape index (κ2) is 5.60. The Balaban J connectivity index is 2.52. The third kappa shape index (κ3) is 4.79. The van der Waals surface area contributed by atoms with Crippen LogP contribution >= 0.6 is 0 Å². The molecule has 0 spiro atoms. The molecule has 5 nitrogen and oxygen atoms in total. The summed E-state index contributed by atoms with van der Waals surface area (Å²) >= 11 is 0. The van der Waals surface area contributed by atoms with E-state index < -0.39 is 0 Å². The summed E-state index contributed by atoms with van der Waals surface area (Å²) in [6.07, 6.45) is 3.36. The number of aliphatic hydroxyl groups excluding tert-OH is 1. The maximum Gasteiger partial charge on any atom is 0.158 e. The van der Waals surface area contributed by atoms with E-state index in [0.29, 0.717) is 24.5 Å². The molecule has 1 unspecified atom stereocenters. The third-order valence-corrected chi connectivity index (χ3v) is 2.36. The van der Waals surface area contributed by atoms with E-state index in [2.05, 4.69) is 29.1 Å². The van der Waals surface area contributed by atoms with Crippen LogP contribution in [0.25, 0.3) is 0 Å². The number of nitrogens with zero attached hydrogens (tertiary/aromatic N) is 3. The van der Waals surface area contributed by atoms with Crippen LogP contribution in [0.15, 0.2) is 12.4 Å². The molecule has 1 aromatic heterocycles. The summed E-state index contributed by atoms with van der Waals surface area (Å²) in [6, 6.07) is 1.92. The number of rotatable bonds is 5. The highest BCUT2D eigenvalue weighted by Gasteiger charge is 2.20. The third-order valence-electron chi connectivity index (χ3n) is 2.36. The average Bonchev–Trinajstić information content (AvgIpc) is 2.25. The number of aliphatic hydroxyl groups is 1. The smallest absolute Gasteiger partial charge is 0.158 e. The SMILES string of the molecule is CC(O)CC(C)(C)CNc1cnc(C#N)cn1. The fourth-order valence-electron chi connectivity index (χ4n) is 1.68. The first-order valence-electron chi connectivity index (χ1n) is 5.57. The van der Waals surface area contributed by atoms with Gasteiger partial charge in [-0.2, -0.15) is 5.26 Å². The number of hydrogen-bond donors (Lipinski definition) is 2. The molecule has 0 fully saturated rings. The predicted molar refractivity (Wildman–Crippen MR) is 65.3 cm³/mol. The molecule has 0 saturated heterocycles. The van der Waals surface area contributed by atoms with Crippen molar-refractivity contribution in [1.29, 1.82) is 5.26 Å². The Morgan fingerprint density at radius 3 is 2.65 bits per heavy atom. The molecular weight excluding hydrogens is 216 g/mol. The van der Waals surface area contributed by atoms with Crippen molar-refractivity contribution in [2.75, 3.05) is 11.9 Å². The number of anilines is 1. The summed E-state index contributed by atoms with van der Waals surface area (Å²) in [6.45, 7) is 6.62. The molecule has 0 amide bonds. The van der Waals surface area contributed by atoms with Crippen LogP contribution in [0.2, 0.25) is 0 Å². The lowest BCUT2D eigenvalue weighted by Crippen LogP contribution is -2.27. The molecule has 1 rings (SSSR count). The van der Waals surface area contributed by atoms with Gasteiger partial charge in [-0.15, -0.1) is 0 Å². The Bertz CT molecular complexity index is 392. The standard InChI is InChI=1S/C12H18N4O/c1-9(17)4-12(2,3)8-16-11-7-14-10(5-13)6-15-11/h6-7,9,17H,4,8H2,1-3H3,(H,15,16). The van der Waals surface area contributed by atoms with Crippen molar-refractivity contribution in [3.05, 3.63) is 18.1 Å². The lowest BCUT2D eigenvalue weighted by molar-refractivity contribution is 0.135. The second-order valence-electron chi connectivity index (χ2n) is 4.97. The second-order valence-corrected chi connectivity index (χ2v) is 4.97. The summed E-state index contributed by atoms with van der Waals surface area (Å²) in [5, 5.41) is 21.1. The highest BCUT2D eigenvalue weighted by molar-refractivity contribution is 5.33. The molecule has 0 radical (unpaired) electrons. The van der Waals surface area contributed by atoms with Crippen molar-refractivity contribution in [3.8, 4) is 6.07 Å². The molecule has 17 heavy (non-hydrogen) atoms. The summed E-state index contributed by atoms with van der Waals surface area (Å²) < 4.78 is 0. The first-order valence-corrected chi connectivity index (χ1v) is 5.57. The fraction of sp³-hybridized carbons (Fsp3) is 0.583. The monoisotopic (exact) mass is 234 g/mol. The van der Waals surface area contributed by atoms with E-state index in [4.69, 9.17) is 5.26 Å². The van der Waals surface area contributed by atoms with Crippen molar-refractivity contribution in [1.82, 2.24) is 9.97 Å². The molecule has 0 aromatic carbocycles. The van der Waals surface area contributed by atoms with E-state index >= 15 is 0 Å². The molecule has 0 aliphatic rings. The molecule has 5 heteroatoms. The average molecular weight is 234 g/mol. The Labute approximate surface area is 102 Å². The highest BCUT2D eigenvalue weighted by atomic mass is 16.3. The number of aromatic nitrogens is 2. The van der Waals surface area contributed by atoms with E-state index in [1.165, 1.54) is 12.4 Å². The van der Waals surface area contributed by atoms with Crippen molar-refractivity contribution in [2.24, 2.45) is 5.41 Å². The Morgan fingerprint density at radius 2 is 2.18 bits per heavy atom. The Morgan fingerprint density at radius 1 is 1.47 bits per heavy atom. The summed E-state index contributed by atoms with van der Waals surface area (Å²) in [5.74, 6) is 0.641. The van der Waals surface area contributed by atoms with Gasteiger partial charge >= 0.3 is 0 Å². The van der Waals surface area contributed by atoms with Crippen LogP contribution in [-0.2, 0) is 0 Å². The molecule has 0 bridgehead atoms. The van der Waals surface area contributed by atoms with Crippen LogP contribution in [-0.4, -0.2) is 27.7 Å². The van der Waals surface area contributed by atoms with Crippen molar-refractivity contribution < 1.29 is 5.11 Å². The van der Waals surface area contributed by atoms with E-state index in [1.54, 1.807) is 6.92 Å². The maximum atomic E-state index is 9.36. The van der Waals surface area contributed by atoms with Crippen LogP contribution < -0.4 is 5.32 Å². The summed E-state index contributed by atoms with van der Waals surface area (Å²) in [4.78, 5) is 8.00. The highest BCUT2D eigenvalue weighted by Crippen LogP contribution is 2.22. The molecule has 1 aromatic rings. The normalized spacial score (nSPS) is 12.9. The van der Waals surface area contributed by atoms with E-state index in [0.717, 1.165) is 0 Å². The first kappa shape index (κ1) is 13.4. The molecule has 0 aliphatic carbocycles. The molecule has 92 valence electrons. The topological polar surface area (TPSA) is 81.8 Å². The Kier molecular flexibility index (Phi) is 4.41. The van der Waals surface area contributed by atoms with E-state index in [9.17, 15) is 5.11 Å². The lowest BCUT2D eigenvalue weighted by atomic mass is 9.87. The number of nitrogens with one attached hydrogen (secondary N) is 1.